The van der Waals surface area contributed by atoms with Gasteiger partial charge in [0.2, 0.25) is 5.91 Å². The van der Waals surface area contributed by atoms with E-state index in [4.69, 9.17) is 5.73 Å². The molecule has 1 aromatic rings. The second kappa shape index (κ2) is 5.29. The Labute approximate surface area is 102 Å². The Bertz CT molecular complexity index is 405. The largest absolute Gasteiger partial charge is 0.366 e. The number of nitrogens with one attached hydrogen (secondary N) is 1. The molecule has 1 fully saturated rings. The molecule has 1 aliphatic heterocycles. The van der Waals surface area contributed by atoms with E-state index in [1.54, 1.807) is 6.07 Å². The lowest BCUT2D eigenvalue weighted by Gasteiger charge is -2.31. The summed E-state index contributed by atoms with van der Waals surface area (Å²) in [5, 5.41) is 3.41. The van der Waals surface area contributed by atoms with E-state index < -0.39 is 0 Å². The molecule has 0 radical (unpaired) electrons. The molecule has 0 aliphatic carbocycles. The molecule has 0 saturated carbocycles. The number of carbonyl (C=O) groups excluding carboxylic acids is 1. The van der Waals surface area contributed by atoms with Gasteiger partial charge in [-0.15, -0.1) is 0 Å². The first-order chi connectivity index (χ1) is 8.15. The molecule has 2 rings (SSSR count). The maximum absolute atomic E-state index is 11.1. The maximum atomic E-state index is 11.1. The van der Waals surface area contributed by atoms with Gasteiger partial charge < -0.3 is 11.1 Å². The Kier molecular flexibility index (Phi) is 3.76. The van der Waals surface area contributed by atoms with E-state index in [1.165, 1.54) is 0 Å². The van der Waals surface area contributed by atoms with Gasteiger partial charge in [0.15, 0.2) is 0 Å². The van der Waals surface area contributed by atoms with Gasteiger partial charge in [-0.05, 0) is 24.6 Å². The minimum Gasteiger partial charge on any atom is -0.366 e. The van der Waals surface area contributed by atoms with Gasteiger partial charge >= 0.3 is 0 Å². The van der Waals surface area contributed by atoms with Gasteiger partial charge in [-0.25, -0.2) is 0 Å². The van der Waals surface area contributed by atoms with E-state index >= 15 is 0 Å². The Hall–Kier alpha value is -1.39. The molecule has 1 aromatic carbocycles. The van der Waals surface area contributed by atoms with E-state index in [0.29, 0.717) is 11.6 Å². The predicted molar refractivity (Wildman–Crippen MR) is 67.7 cm³/mol. The first-order valence-electron chi connectivity index (χ1n) is 5.99. The number of hydrogen-bond acceptors (Lipinski definition) is 3. The first kappa shape index (κ1) is 12.1. The Morgan fingerprint density at radius 2 is 2.41 bits per heavy atom. The van der Waals surface area contributed by atoms with Crippen LogP contribution >= 0.6 is 0 Å². The molecular weight excluding hydrogens is 214 g/mol. The van der Waals surface area contributed by atoms with Crippen molar-refractivity contribution in [1.82, 2.24) is 10.2 Å². The lowest BCUT2D eigenvalue weighted by molar-refractivity contribution is 0.1000. The topological polar surface area (TPSA) is 58.4 Å². The highest BCUT2D eigenvalue weighted by atomic mass is 16.1. The van der Waals surface area contributed by atoms with Crippen LogP contribution in [0.2, 0.25) is 0 Å². The summed E-state index contributed by atoms with van der Waals surface area (Å²) < 4.78 is 0. The van der Waals surface area contributed by atoms with Crippen LogP contribution in [-0.4, -0.2) is 36.5 Å². The van der Waals surface area contributed by atoms with Crippen LogP contribution in [0.15, 0.2) is 24.3 Å². The molecule has 4 nitrogen and oxygen atoms in total. The highest BCUT2D eigenvalue weighted by Gasteiger charge is 2.15. The molecule has 1 amide bonds. The lowest BCUT2D eigenvalue weighted by atomic mass is 10.1. The van der Waals surface area contributed by atoms with Crippen molar-refractivity contribution >= 4 is 5.91 Å². The van der Waals surface area contributed by atoms with Gasteiger partial charge in [0, 0.05) is 37.8 Å². The van der Waals surface area contributed by atoms with Gasteiger partial charge in [0.05, 0.1) is 0 Å². The monoisotopic (exact) mass is 233 g/mol. The molecule has 1 atom stereocenters. The van der Waals surface area contributed by atoms with E-state index in [2.05, 4.69) is 17.1 Å². The molecule has 0 bridgehead atoms. The third kappa shape index (κ3) is 3.28. The summed E-state index contributed by atoms with van der Waals surface area (Å²) in [6, 6.07) is 8.10. The third-order valence-corrected chi connectivity index (χ3v) is 3.07. The van der Waals surface area contributed by atoms with Crippen molar-refractivity contribution in [3.63, 3.8) is 0 Å². The summed E-state index contributed by atoms with van der Waals surface area (Å²) in [5.74, 6) is -0.361. The Morgan fingerprint density at radius 3 is 3.12 bits per heavy atom. The number of hydrogen-bond donors (Lipinski definition) is 2. The highest BCUT2D eigenvalue weighted by Crippen LogP contribution is 2.10. The van der Waals surface area contributed by atoms with Crippen molar-refractivity contribution in [2.24, 2.45) is 5.73 Å². The van der Waals surface area contributed by atoms with Crippen LogP contribution in [-0.2, 0) is 6.54 Å². The second-order valence-corrected chi connectivity index (χ2v) is 4.65. The standard InChI is InChI=1S/C13H19N3O/c1-10-8-16(6-5-15-10)9-11-3-2-4-12(7-11)13(14)17/h2-4,7,10,15H,5-6,8-9H2,1H3,(H2,14,17)/t10-/m1/s1. The minimum atomic E-state index is -0.361. The average molecular weight is 233 g/mol. The molecule has 1 aliphatic rings. The summed E-state index contributed by atoms with van der Waals surface area (Å²) >= 11 is 0. The number of carbonyl (C=O) groups is 1. The number of rotatable bonds is 3. The summed E-state index contributed by atoms with van der Waals surface area (Å²) in [7, 11) is 0. The van der Waals surface area contributed by atoms with Crippen LogP contribution in [0.25, 0.3) is 0 Å². The summed E-state index contributed by atoms with van der Waals surface area (Å²) in [4.78, 5) is 13.5. The molecule has 0 unspecified atom stereocenters. The van der Waals surface area contributed by atoms with Crippen LogP contribution in [0.5, 0.6) is 0 Å². The van der Waals surface area contributed by atoms with Gasteiger partial charge in [-0.1, -0.05) is 12.1 Å². The van der Waals surface area contributed by atoms with Crippen LogP contribution in [0.1, 0.15) is 22.8 Å². The number of primary amides is 1. The van der Waals surface area contributed by atoms with E-state index in [0.717, 1.165) is 31.7 Å². The molecular formula is C13H19N3O. The summed E-state index contributed by atoms with van der Waals surface area (Å²) in [6.45, 7) is 6.18. The SMILES string of the molecule is C[C@@H]1CN(Cc2cccc(C(N)=O)c2)CCN1. The predicted octanol–water partition coefficient (Wildman–Crippen LogP) is 0.579. The first-order valence-corrected chi connectivity index (χ1v) is 5.99. The zero-order chi connectivity index (χ0) is 12.3. The number of nitrogens with zero attached hydrogens (tertiary/aromatic N) is 1. The highest BCUT2D eigenvalue weighted by molar-refractivity contribution is 5.92. The second-order valence-electron chi connectivity index (χ2n) is 4.65. The fourth-order valence-corrected chi connectivity index (χ4v) is 2.24. The fourth-order valence-electron chi connectivity index (χ4n) is 2.24. The van der Waals surface area contributed by atoms with Crippen molar-refractivity contribution in [3.05, 3.63) is 35.4 Å². The Balaban J connectivity index is 2.02. The summed E-state index contributed by atoms with van der Waals surface area (Å²) in [5.41, 5.74) is 7.01. The van der Waals surface area contributed by atoms with E-state index in [9.17, 15) is 4.79 Å². The summed E-state index contributed by atoms with van der Waals surface area (Å²) in [6.07, 6.45) is 0. The Morgan fingerprint density at radius 1 is 1.59 bits per heavy atom. The quantitative estimate of drug-likeness (QED) is 0.803. The van der Waals surface area contributed by atoms with Crippen molar-refractivity contribution in [2.45, 2.75) is 19.5 Å². The molecule has 4 heteroatoms. The number of benzene rings is 1. The molecule has 92 valence electrons. The van der Waals surface area contributed by atoms with Crippen LogP contribution < -0.4 is 11.1 Å². The van der Waals surface area contributed by atoms with E-state index in [1.807, 2.05) is 18.2 Å². The molecule has 0 aromatic heterocycles. The zero-order valence-corrected chi connectivity index (χ0v) is 10.1. The number of piperazine rings is 1. The third-order valence-electron chi connectivity index (χ3n) is 3.07. The van der Waals surface area contributed by atoms with E-state index in [-0.39, 0.29) is 5.91 Å². The molecule has 1 saturated heterocycles. The normalized spacial score (nSPS) is 21.4. The number of nitrogens with two attached hydrogens (primary N) is 1. The lowest BCUT2D eigenvalue weighted by Crippen LogP contribution is -2.48. The molecule has 3 N–H and O–H groups in total. The van der Waals surface area contributed by atoms with Crippen LogP contribution in [0.4, 0.5) is 0 Å². The number of amides is 1. The minimum absolute atomic E-state index is 0.361. The van der Waals surface area contributed by atoms with Gasteiger partial charge in [-0.2, -0.15) is 0 Å². The smallest absolute Gasteiger partial charge is 0.248 e. The molecule has 1 heterocycles. The van der Waals surface area contributed by atoms with Crippen molar-refractivity contribution < 1.29 is 4.79 Å². The van der Waals surface area contributed by atoms with Crippen LogP contribution in [0.3, 0.4) is 0 Å². The maximum Gasteiger partial charge on any atom is 0.248 e. The molecule has 17 heavy (non-hydrogen) atoms. The zero-order valence-electron chi connectivity index (χ0n) is 10.1. The van der Waals surface area contributed by atoms with Gasteiger partial charge in [-0.3, -0.25) is 9.69 Å². The van der Waals surface area contributed by atoms with Crippen molar-refractivity contribution in [3.8, 4) is 0 Å². The average Bonchev–Trinajstić information content (AvgIpc) is 2.29. The van der Waals surface area contributed by atoms with Crippen molar-refractivity contribution in [2.75, 3.05) is 19.6 Å². The van der Waals surface area contributed by atoms with Gasteiger partial charge in [0.1, 0.15) is 0 Å². The van der Waals surface area contributed by atoms with Crippen molar-refractivity contribution in [1.29, 1.82) is 0 Å². The fraction of sp³-hybridized carbons (Fsp3) is 0.462. The molecule has 0 spiro atoms. The van der Waals surface area contributed by atoms with Crippen LogP contribution in [0, 0.1) is 0 Å². The van der Waals surface area contributed by atoms with Gasteiger partial charge in [0.25, 0.3) is 0 Å².